The average Bonchev–Trinajstić information content (AvgIpc) is 2.65. The molecule has 0 aliphatic carbocycles. The first-order valence-corrected chi connectivity index (χ1v) is 9.80. The summed E-state index contributed by atoms with van der Waals surface area (Å²) in [6, 6.07) is 11.3. The number of sulfonamides is 1. The zero-order chi connectivity index (χ0) is 20.8. The fraction of sp³-hybridized carbons (Fsp3) is 0.278. The summed E-state index contributed by atoms with van der Waals surface area (Å²) in [5.74, 6) is 0.111. The van der Waals surface area contributed by atoms with Gasteiger partial charge in [0.05, 0.1) is 11.5 Å². The summed E-state index contributed by atoms with van der Waals surface area (Å²) in [5, 5.41) is 2.59. The van der Waals surface area contributed by atoms with E-state index in [-0.39, 0.29) is 4.90 Å². The third-order valence-corrected chi connectivity index (χ3v) is 4.87. The third kappa shape index (κ3) is 6.54. The van der Waals surface area contributed by atoms with Gasteiger partial charge in [0.25, 0.3) is 5.91 Å². The minimum Gasteiger partial charge on any atom is -0.494 e. The van der Waals surface area contributed by atoms with Crippen LogP contribution in [0.15, 0.2) is 53.4 Å². The minimum absolute atomic E-state index is 0.291. The number of rotatable bonds is 8. The summed E-state index contributed by atoms with van der Waals surface area (Å²) in [4.78, 5) is 12.0. The number of ether oxygens (including phenoxy) is 1. The Hall–Kier alpha value is -2.59. The van der Waals surface area contributed by atoms with Crippen LogP contribution in [0.2, 0.25) is 0 Å². The Labute approximate surface area is 160 Å². The fourth-order valence-corrected chi connectivity index (χ4v) is 3.14. The molecule has 1 amide bonds. The van der Waals surface area contributed by atoms with Crippen LogP contribution in [0.3, 0.4) is 0 Å². The Kier molecular flexibility index (Phi) is 7.03. The van der Waals surface area contributed by atoms with E-state index in [9.17, 15) is 26.4 Å². The number of anilines is 1. The molecule has 0 fully saturated rings. The van der Waals surface area contributed by atoms with Crippen molar-refractivity contribution in [1.29, 1.82) is 0 Å². The van der Waals surface area contributed by atoms with Gasteiger partial charge in [-0.1, -0.05) is 13.0 Å². The van der Waals surface area contributed by atoms with E-state index in [2.05, 4.69) is 5.32 Å². The summed E-state index contributed by atoms with van der Waals surface area (Å²) in [7, 11) is -4.30. The molecule has 2 rings (SSSR count). The molecular weight excluding hydrogens is 397 g/mol. The molecule has 0 bridgehead atoms. The Morgan fingerprint density at radius 2 is 1.79 bits per heavy atom. The standard InChI is InChI=1S/C18H19F3N2O4S/c1-2-10-27-15-5-3-4-13(11-15)17(24)23-14-6-8-16(9-7-14)28(25,26)22-12-18(19,20)21/h3-9,11,22H,2,10,12H2,1H3,(H,23,24). The molecule has 0 saturated carbocycles. The van der Waals surface area contributed by atoms with Crippen molar-refractivity contribution in [3.8, 4) is 5.75 Å². The predicted octanol–water partition coefficient (Wildman–Crippen LogP) is 3.57. The van der Waals surface area contributed by atoms with E-state index >= 15 is 0 Å². The zero-order valence-electron chi connectivity index (χ0n) is 14.9. The van der Waals surface area contributed by atoms with E-state index < -0.39 is 28.7 Å². The van der Waals surface area contributed by atoms with Gasteiger partial charge in [0.1, 0.15) is 12.3 Å². The van der Waals surface area contributed by atoms with Gasteiger partial charge in [0, 0.05) is 11.3 Å². The van der Waals surface area contributed by atoms with Crippen molar-refractivity contribution in [1.82, 2.24) is 4.72 Å². The van der Waals surface area contributed by atoms with Crippen LogP contribution in [-0.2, 0) is 10.0 Å². The zero-order valence-corrected chi connectivity index (χ0v) is 15.7. The Bertz CT molecular complexity index is 913. The van der Waals surface area contributed by atoms with Crippen LogP contribution in [-0.4, -0.2) is 33.7 Å². The fourth-order valence-electron chi connectivity index (χ4n) is 2.13. The maximum atomic E-state index is 12.3. The molecule has 0 heterocycles. The number of alkyl halides is 3. The van der Waals surface area contributed by atoms with Gasteiger partial charge in [-0.15, -0.1) is 0 Å². The van der Waals surface area contributed by atoms with Crippen LogP contribution in [0.25, 0.3) is 0 Å². The number of hydrogen-bond acceptors (Lipinski definition) is 4. The molecule has 0 spiro atoms. The SMILES string of the molecule is CCCOc1cccc(C(=O)Nc2ccc(S(=O)(=O)NCC(F)(F)F)cc2)c1. The van der Waals surface area contributed by atoms with Crippen molar-refractivity contribution in [2.75, 3.05) is 18.5 Å². The van der Waals surface area contributed by atoms with Gasteiger partial charge in [-0.25, -0.2) is 13.1 Å². The summed E-state index contributed by atoms with van der Waals surface area (Å²) in [5.41, 5.74) is 0.636. The molecule has 152 valence electrons. The number of carbonyl (C=O) groups is 1. The Balaban J connectivity index is 2.05. The molecule has 0 aliphatic heterocycles. The van der Waals surface area contributed by atoms with Gasteiger partial charge in [-0.2, -0.15) is 13.2 Å². The highest BCUT2D eigenvalue weighted by Gasteiger charge is 2.30. The number of benzene rings is 2. The first-order valence-electron chi connectivity index (χ1n) is 8.31. The van der Waals surface area contributed by atoms with Crippen LogP contribution in [0, 0.1) is 0 Å². The lowest BCUT2D eigenvalue weighted by Crippen LogP contribution is -2.33. The van der Waals surface area contributed by atoms with Gasteiger partial charge in [0.2, 0.25) is 10.0 Å². The summed E-state index contributed by atoms with van der Waals surface area (Å²) in [6.07, 6.45) is -3.83. The van der Waals surface area contributed by atoms with Gasteiger partial charge in [-0.05, 0) is 48.9 Å². The van der Waals surface area contributed by atoms with Crippen LogP contribution < -0.4 is 14.8 Å². The largest absolute Gasteiger partial charge is 0.494 e. The second-order valence-corrected chi connectivity index (χ2v) is 7.56. The molecule has 2 aromatic carbocycles. The van der Waals surface area contributed by atoms with Crippen molar-refractivity contribution in [2.45, 2.75) is 24.4 Å². The number of carbonyl (C=O) groups excluding carboxylic acids is 1. The number of hydrogen-bond donors (Lipinski definition) is 2. The second kappa shape index (κ2) is 9.07. The Morgan fingerprint density at radius 3 is 2.39 bits per heavy atom. The number of amides is 1. The predicted molar refractivity (Wildman–Crippen MR) is 97.9 cm³/mol. The highest BCUT2D eigenvalue weighted by atomic mass is 32.2. The lowest BCUT2D eigenvalue weighted by molar-refractivity contribution is -0.121. The highest BCUT2D eigenvalue weighted by molar-refractivity contribution is 7.89. The molecule has 0 saturated heterocycles. The van der Waals surface area contributed by atoms with Gasteiger partial charge < -0.3 is 10.1 Å². The summed E-state index contributed by atoms with van der Waals surface area (Å²) >= 11 is 0. The molecule has 28 heavy (non-hydrogen) atoms. The van der Waals surface area contributed by atoms with Crippen LogP contribution in [0.1, 0.15) is 23.7 Å². The lowest BCUT2D eigenvalue weighted by Gasteiger charge is -2.11. The number of nitrogens with one attached hydrogen (secondary N) is 2. The van der Waals surface area contributed by atoms with E-state index in [1.165, 1.54) is 16.9 Å². The molecule has 2 N–H and O–H groups in total. The molecule has 0 radical (unpaired) electrons. The number of halogens is 3. The monoisotopic (exact) mass is 416 g/mol. The lowest BCUT2D eigenvalue weighted by atomic mass is 10.2. The van der Waals surface area contributed by atoms with Crippen molar-refractivity contribution >= 4 is 21.6 Å². The highest BCUT2D eigenvalue weighted by Crippen LogP contribution is 2.19. The van der Waals surface area contributed by atoms with Crippen LogP contribution >= 0.6 is 0 Å². The molecule has 0 unspecified atom stereocenters. The van der Waals surface area contributed by atoms with Crippen LogP contribution in [0.5, 0.6) is 5.75 Å². The van der Waals surface area contributed by atoms with Gasteiger partial charge >= 0.3 is 6.18 Å². The molecule has 0 atom stereocenters. The van der Waals surface area contributed by atoms with E-state index in [1.807, 2.05) is 6.92 Å². The van der Waals surface area contributed by atoms with E-state index in [4.69, 9.17) is 4.74 Å². The van der Waals surface area contributed by atoms with Crippen molar-refractivity contribution < 1.29 is 31.1 Å². The van der Waals surface area contributed by atoms with E-state index in [1.54, 1.807) is 24.3 Å². The topological polar surface area (TPSA) is 84.5 Å². The maximum absolute atomic E-state index is 12.3. The molecule has 2 aromatic rings. The summed E-state index contributed by atoms with van der Waals surface area (Å²) < 4.78 is 67.2. The minimum atomic E-state index is -4.66. The normalized spacial score (nSPS) is 11.9. The quantitative estimate of drug-likeness (QED) is 0.689. The molecular formula is C18H19F3N2O4S. The van der Waals surface area contributed by atoms with Crippen molar-refractivity contribution in [2.24, 2.45) is 0 Å². The summed E-state index contributed by atoms with van der Waals surface area (Å²) in [6.45, 7) is 0.812. The van der Waals surface area contributed by atoms with Gasteiger partial charge in [-0.3, -0.25) is 4.79 Å². The second-order valence-electron chi connectivity index (χ2n) is 5.79. The first-order chi connectivity index (χ1) is 13.1. The molecule has 0 aliphatic rings. The maximum Gasteiger partial charge on any atom is 0.402 e. The van der Waals surface area contributed by atoms with E-state index in [0.29, 0.717) is 23.6 Å². The van der Waals surface area contributed by atoms with Crippen molar-refractivity contribution in [3.05, 3.63) is 54.1 Å². The van der Waals surface area contributed by atoms with Crippen LogP contribution in [0.4, 0.5) is 18.9 Å². The third-order valence-electron chi connectivity index (χ3n) is 3.45. The Morgan fingerprint density at radius 1 is 1.11 bits per heavy atom. The molecule has 6 nitrogen and oxygen atoms in total. The van der Waals surface area contributed by atoms with Gasteiger partial charge in [0.15, 0.2) is 0 Å². The average molecular weight is 416 g/mol. The smallest absolute Gasteiger partial charge is 0.402 e. The van der Waals surface area contributed by atoms with Crippen molar-refractivity contribution in [3.63, 3.8) is 0 Å². The van der Waals surface area contributed by atoms with E-state index in [0.717, 1.165) is 18.6 Å². The molecule has 10 heteroatoms. The first kappa shape index (κ1) is 21.7. The molecule has 0 aromatic heterocycles.